The van der Waals surface area contributed by atoms with Crippen LogP contribution < -0.4 is 4.90 Å². The first-order valence-corrected chi connectivity index (χ1v) is 11.4. The van der Waals surface area contributed by atoms with Crippen LogP contribution in [0.25, 0.3) is 0 Å². The third-order valence-electron chi connectivity index (χ3n) is 6.28. The summed E-state index contributed by atoms with van der Waals surface area (Å²) in [6.45, 7) is 18.3. The van der Waals surface area contributed by atoms with Crippen molar-refractivity contribution in [3.63, 3.8) is 0 Å². The van der Waals surface area contributed by atoms with Gasteiger partial charge in [0.1, 0.15) is 11.5 Å². The van der Waals surface area contributed by atoms with Crippen molar-refractivity contribution in [1.82, 2.24) is 0 Å². The van der Waals surface area contributed by atoms with Crippen molar-refractivity contribution in [3.05, 3.63) is 46.5 Å². The molecule has 4 nitrogen and oxygen atoms in total. The van der Waals surface area contributed by atoms with Crippen molar-refractivity contribution in [3.8, 4) is 11.5 Å². The van der Waals surface area contributed by atoms with Crippen molar-refractivity contribution in [2.45, 2.75) is 85.2 Å². The van der Waals surface area contributed by atoms with Crippen LogP contribution in [0.15, 0.2) is 24.3 Å². The quantitative estimate of drug-likeness (QED) is 0.577. The molecule has 0 radical (unpaired) electrons. The molecule has 1 aliphatic heterocycles. The average molecular weight is 426 g/mol. The summed E-state index contributed by atoms with van der Waals surface area (Å²) < 4.78 is 5.96. The van der Waals surface area contributed by atoms with Crippen LogP contribution in [0, 0.1) is 13.8 Å². The lowest BCUT2D eigenvalue weighted by Gasteiger charge is -2.33. The molecule has 3 rings (SSSR count). The highest BCUT2D eigenvalue weighted by molar-refractivity contribution is 5.77. The standard InChI is InChI=1S/C27H39NO3/c1-17-12-19(26(3,4)5)14-22(24(17)29)28(16-21-10-9-11-31-21)23-15-20(27(6,7)8)13-18(2)25(23)30/h12-15,21,29-30H,9-11,16H2,1-8H3. The molecule has 1 atom stereocenters. The van der Waals surface area contributed by atoms with Crippen molar-refractivity contribution in [1.29, 1.82) is 0 Å². The van der Waals surface area contributed by atoms with Gasteiger partial charge < -0.3 is 19.8 Å². The second kappa shape index (κ2) is 8.38. The molecule has 1 aliphatic rings. The maximum absolute atomic E-state index is 11.1. The average Bonchev–Trinajstić information content (AvgIpc) is 3.16. The lowest BCUT2D eigenvalue weighted by molar-refractivity contribution is 0.117. The molecule has 2 N–H and O–H groups in total. The van der Waals surface area contributed by atoms with Crippen LogP contribution in [0.2, 0.25) is 0 Å². The molecule has 1 unspecified atom stereocenters. The van der Waals surface area contributed by atoms with Crippen molar-refractivity contribution < 1.29 is 14.9 Å². The maximum Gasteiger partial charge on any atom is 0.142 e. The van der Waals surface area contributed by atoms with Gasteiger partial charge >= 0.3 is 0 Å². The van der Waals surface area contributed by atoms with Crippen LogP contribution in [0.5, 0.6) is 11.5 Å². The second-order valence-corrected chi connectivity index (χ2v) is 11.1. The van der Waals surface area contributed by atoms with E-state index in [4.69, 9.17) is 4.74 Å². The van der Waals surface area contributed by atoms with E-state index < -0.39 is 0 Å². The number of phenolic OH excluding ortho intramolecular Hbond substituents is 2. The van der Waals surface area contributed by atoms with E-state index in [0.717, 1.165) is 53.1 Å². The van der Waals surface area contributed by atoms with E-state index >= 15 is 0 Å². The Morgan fingerprint density at radius 1 is 0.839 bits per heavy atom. The molecule has 170 valence electrons. The first-order chi connectivity index (χ1) is 14.3. The van der Waals surface area contributed by atoms with Gasteiger partial charge in [0.05, 0.1) is 17.5 Å². The van der Waals surface area contributed by atoms with Crippen LogP contribution >= 0.6 is 0 Å². The predicted molar refractivity (Wildman–Crippen MR) is 129 cm³/mol. The molecule has 0 saturated carbocycles. The van der Waals surface area contributed by atoms with Crippen LogP contribution in [0.3, 0.4) is 0 Å². The van der Waals surface area contributed by atoms with Gasteiger partial charge in [-0.25, -0.2) is 0 Å². The topological polar surface area (TPSA) is 52.9 Å². The summed E-state index contributed by atoms with van der Waals surface area (Å²) in [6, 6.07) is 8.24. The molecule has 1 fully saturated rings. The highest BCUT2D eigenvalue weighted by atomic mass is 16.5. The van der Waals surface area contributed by atoms with Gasteiger partial charge in [0, 0.05) is 13.2 Å². The normalized spacial score (nSPS) is 17.2. The van der Waals surface area contributed by atoms with Gasteiger partial charge in [-0.3, -0.25) is 0 Å². The minimum atomic E-state index is -0.0615. The fourth-order valence-corrected chi connectivity index (χ4v) is 4.12. The second-order valence-electron chi connectivity index (χ2n) is 11.1. The first-order valence-electron chi connectivity index (χ1n) is 11.4. The zero-order valence-corrected chi connectivity index (χ0v) is 20.5. The molecule has 0 bridgehead atoms. The summed E-state index contributed by atoms with van der Waals surface area (Å²) >= 11 is 0. The Morgan fingerprint density at radius 3 is 1.65 bits per heavy atom. The number of hydrogen-bond acceptors (Lipinski definition) is 4. The number of aromatic hydroxyl groups is 2. The van der Waals surface area contributed by atoms with E-state index in [1.165, 1.54) is 0 Å². The van der Waals surface area contributed by atoms with E-state index in [-0.39, 0.29) is 28.4 Å². The Kier molecular flexibility index (Phi) is 6.35. The van der Waals surface area contributed by atoms with Crippen molar-refractivity contribution in [2.75, 3.05) is 18.1 Å². The number of nitrogens with zero attached hydrogens (tertiary/aromatic N) is 1. The molecular weight excluding hydrogens is 386 g/mol. The molecule has 0 spiro atoms. The first kappa shape index (κ1) is 23.5. The van der Waals surface area contributed by atoms with Gasteiger partial charge in [-0.05, 0) is 71.9 Å². The summed E-state index contributed by atoms with van der Waals surface area (Å²) in [5, 5.41) is 22.2. The third kappa shape index (κ3) is 5.01. The Balaban J connectivity index is 2.24. The number of ether oxygens (including phenoxy) is 1. The molecular formula is C27H39NO3. The lowest BCUT2D eigenvalue weighted by Crippen LogP contribution is -2.29. The predicted octanol–water partition coefficient (Wildman–Crippen LogP) is 6.63. The van der Waals surface area contributed by atoms with E-state index in [0.29, 0.717) is 6.54 Å². The van der Waals surface area contributed by atoms with Crippen molar-refractivity contribution in [2.24, 2.45) is 0 Å². The highest BCUT2D eigenvalue weighted by Gasteiger charge is 2.28. The van der Waals surface area contributed by atoms with E-state index in [9.17, 15) is 10.2 Å². The number of hydrogen-bond donors (Lipinski definition) is 2. The number of anilines is 2. The van der Waals surface area contributed by atoms with Gasteiger partial charge in [-0.15, -0.1) is 0 Å². The summed E-state index contributed by atoms with van der Waals surface area (Å²) in [4.78, 5) is 2.06. The van der Waals surface area contributed by atoms with Crippen LogP contribution in [-0.2, 0) is 15.6 Å². The summed E-state index contributed by atoms with van der Waals surface area (Å²) in [6.07, 6.45) is 2.09. The van der Waals surface area contributed by atoms with Crippen LogP contribution in [0.4, 0.5) is 11.4 Å². The van der Waals surface area contributed by atoms with E-state index in [2.05, 4.69) is 70.7 Å². The van der Waals surface area contributed by atoms with Crippen molar-refractivity contribution >= 4 is 11.4 Å². The third-order valence-corrected chi connectivity index (χ3v) is 6.28. The van der Waals surface area contributed by atoms with Gasteiger partial charge in [-0.1, -0.05) is 53.7 Å². The van der Waals surface area contributed by atoms with Gasteiger partial charge in [0.25, 0.3) is 0 Å². The molecule has 0 aromatic heterocycles. The van der Waals surface area contributed by atoms with Gasteiger partial charge in [0.2, 0.25) is 0 Å². The minimum absolute atomic E-state index is 0.0615. The fraction of sp³-hybridized carbons (Fsp3) is 0.556. The van der Waals surface area contributed by atoms with E-state index in [1.807, 2.05) is 13.8 Å². The minimum Gasteiger partial charge on any atom is -0.505 e. The molecule has 2 aromatic rings. The smallest absolute Gasteiger partial charge is 0.142 e. The number of aryl methyl sites for hydroxylation is 2. The Bertz CT molecular complexity index is 875. The fourth-order valence-electron chi connectivity index (χ4n) is 4.12. The van der Waals surface area contributed by atoms with Gasteiger partial charge in [-0.2, -0.15) is 0 Å². The number of phenols is 2. The van der Waals surface area contributed by atoms with E-state index in [1.54, 1.807) is 0 Å². The molecule has 2 aromatic carbocycles. The molecule has 31 heavy (non-hydrogen) atoms. The summed E-state index contributed by atoms with van der Waals surface area (Å²) in [7, 11) is 0. The summed E-state index contributed by atoms with van der Waals surface area (Å²) in [5.41, 5.74) is 5.30. The maximum atomic E-state index is 11.1. The molecule has 1 saturated heterocycles. The Hall–Kier alpha value is -2.20. The zero-order valence-electron chi connectivity index (χ0n) is 20.5. The molecule has 0 aliphatic carbocycles. The summed E-state index contributed by atoms with van der Waals surface area (Å²) in [5.74, 6) is 0.508. The van der Waals surface area contributed by atoms with Crippen LogP contribution in [0.1, 0.15) is 76.6 Å². The van der Waals surface area contributed by atoms with Crippen LogP contribution in [-0.4, -0.2) is 29.5 Å². The Labute approximate surface area is 187 Å². The number of benzene rings is 2. The highest BCUT2D eigenvalue weighted by Crippen LogP contribution is 2.45. The zero-order chi connectivity index (χ0) is 23.1. The molecule has 4 heteroatoms. The molecule has 0 amide bonds. The van der Waals surface area contributed by atoms with Gasteiger partial charge in [0.15, 0.2) is 0 Å². The Morgan fingerprint density at radius 2 is 1.29 bits per heavy atom. The lowest BCUT2D eigenvalue weighted by atomic mass is 9.84. The SMILES string of the molecule is Cc1cc(C(C)(C)C)cc(N(CC2CCCO2)c2cc(C(C)(C)C)cc(C)c2O)c1O. The monoisotopic (exact) mass is 425 g/mol. The molecule has 1 heterocycles. The largest absolute Gasteiger partial charge is 0.505 e. The number of rotatable bonds is 4.